The molecular weight excluding hydrogens is 248 g/mol. The lowest BCUT2D eigenvalue weighted by Crippen LogP contribution is -2.04. The molecule has 0 spiro atoms. The van der Waals surface area contributed by atoms with Crippen LogP contribution in [0.5, 0.6) is 0 Å². The molecule has 1 aromatic rings. The average molecular weight is 268 g/mol. The molecule has 1 heterocycles. The van der Waals surface area contributed by atoms with Crippen molar-refractivity contribution in [1.29, 1.82) is 0 Å². The van der Waals surface area contributed by atoms with E-state index >= 15 is 0 Å². The van der Waals surface area contributed by atoms with Crippen LogP contribution < -0.4 is 0 Å². The SMILES string of the molecule is CCCC(C)COCc1ccc(/C=C/C(=O)O)s1. The Labute approximate surface area is 112 Å². The number of hydrogen-bond donors (Lipinski definition) is 1. The lowest BCUT2D eigenvalue weighted by atomic mass is 10.1. The van der Waals surface area contributed by atoms with E-state index in [4.69, 9.17) is 9.84 Å². The van der Waals surface area contributed by atoms with Gasteiger partial charge in [0.05, 0.1) is 6.61 Å². The first kappa shape index (κ1) is 14.9. The summed E-state index contributed by atoms with van der Waals surface area (Å²) in [4.78, 5) is 12.5. The maximum absolute atomic E-state index is 10.4. The number of hydrogen-bond acceptors (Lipinski definition) is 3. The van der Waals surface area contributed by atoms with Gasteiger partial charge in [-0.15, -0.1) is 11.3 Å². The molecule has 0 saturated carbocycles. The summed E-state index contributed by atoms with van der Waals surface area (Å²) in [6.07, 6.45) is 5.14. The first-order valence-corrected chi connectivity index (χ1v) is 7.01. The fraction of sp³-hybridized carbons (Fsp3) is 0.500. The Bertz CT molecular complexity index is 395. The van der Waals surface area contributed by atoms with Gasteiger partial charge in [-0.1, -0.05) is 20.3 Å². The fourth-order valence-electron chi connectivity index (χ4n) is 1.65. The van der Waals surface area contributed by atoms with Gasteiger partial charge in [0.1, 0.15) is 0 Å². The van der Waals surface area contributed by atoms with Crippen LogP contribution in [0, 0.1) is 5.92 Å². The average Bonchev–Trinajstić information content (AvgIpc) is 2.75. The highest BCUT2D eigenvalue weighted by Crippen LogP contribution is 2.19. The maximum Gasteiger partial charge on any atom is 0.328 e. The Morgan fingerprint density at radius 1 is 1.56 bits per heavy atom. The Morgan fingerprint density at radius 3 is 3.00 bits per heavy atom. The zero-order valence-corrected chi connectivity index (χ0v) is 11.7. The normalized spacial score (nSPS) is 13.0. The van der Waals surface area contributed by atoms with Crippen molar-refractivity contribution in [2.75, 3.05) is 6.61 Å². The van der Waals surface area contributed by atoms with E-state index in [1.54, 1.807) is 17.4 Å². The van der Waals surface area contributed by atoms with Crippen molar-refractivity contribution in [2.45, 2.75) is 33.3 Å². The van der Waals surface area contributed by atoms with Gasteiger partial charge < -0.3 is 9.84 Å². The topological polar surface area (TPSA) is 46.5 Å². The number of rotatable bonds is 8. The molecule has 1 unspecified atom stereocenters. The van der Waals surface area contributed by atoms with Crippen molar-refractivity contribution in [1.82, 2.24) is 0 Å². The number of carboxylic acid groups (broad SMARTS) is 1. The highest BCUT2D eigenvalue weighted by atomic mass is 32.1. The standard InChI is InChI=1S/C14H20O3S/c1-3-4-11(2)9-17-10-13-6-5-12(18-13)7-8-14(15)16/h5-8,11H,3-4,9-10H2,1-2H3,(H,15,16)/b8-7+. The molecule has 4 heteroatoms. The predicted molar refractivity (Wildman–Crippen MR) is 74.7 cm³/mol. The number of ether oxygens (including phenoxy) is 1. The molecule has 1 aromatic heterocycles. The molecule has 1 atom stereocenters. The molecule has 0 aromatic carbocycles. The fourth-order valence-corrected chi connectivity index (χ4v) is 2.51. The van der Waals surface area contributed by atoms with Crippen molar-refractivity contribution >= 4 is 23.4 Å². The zero-order chi connectivity index (χ0) is 13.4. The van der Waals surface area contributed by atoms with E-state index in [1.165, 1.54) is 12.8 Å². The summed E-state index contributed by atoms with van der Waals surface area (Å²) in [6.45, 7) is 5.77. The predicted octanol–water partition coefficient (Wildman–Crippen LogP) is 3.80. The minimum absolute atomic E-state index is 0.598. The molecule has 0 bridgehead atoms. The summed E-state index contributed by atoms with van der Waals surface area (Å²) in [5.74, 6) is -0.323. The molecule has 0 amide bonds. The summed E-state index contributed by atoms with van der Waals surface area (Å²) in [7, 11) is 0. The van der Waals surface area contributed by atoms with Gasteiger partial charge in [0.2, 0.25) is 0 Å². The molecule has 0 aliphatic rings. The largest absolute Gasteiger partial charge is 0.478 e. The van der Waals surface area contributed by atoms with Gasteiger partial charge in [-0.05, 0) is 30.5 Å². The van der Waals surface area contributed by atoms with Crippen molar-refractivity contribution in [3.63, 3.8) is 0 Å². The number of carbonyl (C=O) groups is 1. The molecule has 1 N–H and O–H groups in total. The molecule has 0 fully saturated rings. The number of carboxylic acids is 1. The van der Waals surface area contributed by atoms with Crippen LogP contribution in [0.1, 0.15) is 36.4 Å². The Hall–Kier alpha value is -1.13. The molecule has 1 rings (SSSR count). The van der Waals surface area contributed by atoms with Crippen LogP contribution in [-0.2, 0) is 16.1 Å². The molecule has 18 heavy (non-hydrogen) atoms. The van der Waals surface area contributed by atoms with Gasteiger partial charge in [0.25, 0.3) is 0 Å². The monoisotopic (exact) mass is 268 g/mol. The first-order chi connectivity index (χ1) is 8.61. The van der Waals surface area contributed by atoms with Crippen molar-refractivity contribution in [3.05, 3.63) is 28.0 Å². The van der Waals surface area contributed by atoms with E-state index in [-0.39, 0.29) is 0 Å². The van der Waals surface area contributed by atoms with Gasteiger partial charge >= 0.3 is 5.97 Å². The van der Waals surface area contributed by atoms with Gasteiger partial charge in [0.15, 0.2) is 0 Å². The number of aliphatic carboxylic acids is 1. The summed E-state index contributed by atoms with van der Waals surface area (Å²) in [5.41, 5.74) is 0. The third kappa shape index (κ3) is 5.98. The quantitative estimate of drug-likeness (QED) is 0.729. The minimum atomic E-state index is -0.922. The number of thiophene rings is 1. The smallest absolute Gasteiger partial charge is 0.328 e. The van der Waals surface area contributed by atoms with Crippen molar-refractivity contribution in [3.8, 4) is 0 Å². The van der Waals surface area contributed by atoms with Crippen molar-refractivity contribution in [2.24, 2.45) is 5.92 Å². The molecule has 0 aliphatic heterocycles. The van der Waals surface area contributed by atoms with Crippen LogP contribution in [0.2, 0.25) is 0 Å². The molecule has 100 valence electrons. The second kappa shape index (κ2) is 8.06. The minimum Gasteiger partial charge on any atom is -0.478 e. The van der Waals surface area contributed by atoms with E-state index in [2.05, 4.69) is 13.8 Å². The Balaban J connectivity index is 2.33. The maximum atomic E-state index is 10.4. The van der Waals surface area contributed by atoms with E-state index in [0.717, 1.165) is 22.4 Å². The summed E-state index contributed by atoms with van der Waals surface area (Å²) < 4.78 is 5.64. The molecule has 0 aliphatic carbocycles. The summed E-state index contributed by atoms with van der Waals surface area (Å²) in [6, 6.07) is 3.90. The Morgan fingerprint density at radius 2 is 2.33 bits per heavy atom. The van der Waals surface area contributed by atoms with Crippen molar-refractivity contribution < 1.29 is 14.6 Å². The van der Waals surface area contributed by atoms with Crippen LogP contribution >= 0.6 is 11.3 Å². The molecule has 3 nitrogen and oxygen atoms in total. The molecular formula is C14H20O3S. The second-order valence-electron chi connectivity index (χ2n) is 4.38. The molecule has 0 radical (unpaired) electrons. The van der Waals surface area contributed by atoms with E-state index in [1.807, 2.05) is 12.1 Å². The van der Waals surface area contributed by atoms with E-state index in [0.29, 0.717) is 12.5 Å². The van der Waals surface area contributed by atoms with Crippen LogP contribution in [0.3, 0.4) is 0 Å². The first-order valence-electron chi connectivity index (χ1n) is 6.19. The third-order valence-electron chi connectivity index (χ3n) is 2.50. The van der Waals surface area contributed by atoms with Gasteiger partial charge in [0, 0.05) is 22.4 Å². The lowest BCUT2D eigenvalue weighted by Gasteiger charge is -2.09. The highest BCUT2D eigenvalue weighted by molar-refractivity contribution is 7.12. The van der Waals surface area contributed by atoms with Crippen LogP contribution in [0.25, 0.3) is 6.08 Å². The zero-order valence-electron chi connectivity index (χ0n) is 10.9. The van der Waals surface area contributed by atoms with E-state index in [9.17, 15) is 4.79 Å². The summed E-state index contributed by atoms with van der Waals surface area (Å²) >= 11 is 1.56. The van der Waals surface area contributed by atoms with Crippen LogP contribution in [0.15, 0.2) is 18.2 Å². The van der Waals surface area contributed by atoms with Gasteiger partial charge in [-0.25, -0.2) is 4.79 Å². The van der Waals surface area contributed by atoms with Crippen LogP contribution in [0.4, 0.5) is 0 Å². The second-order valence-corrected chi connectivity index (χ2v) is 5.58. The van der Waals surface area contributed by atoms with Gasteiger partial charge in [-0.2, -0.15) is 0 Å². The highest BCUT2D eigenvalue weighted by Gasteiger charge is 2.02. The van der Waals surface area contributed by atoms with Gasteiger partial charge in [-0.3, -0.25) is 0 Å². The van der Waals surface area contributed by atoms with E-state index < -0.39 is 5.97 Å². The summed E-state index contributed by atoms with van der Waals surface area (Å²) in [5, 5.41) is 8.53. The third-order valence-corrected chi connectivity index (χ3v) is 3.52. The Kier molecular flexibility index (Phi) is 6.68. The lowest BCUT2D eigenvalue weighted by molar-refractivity contribution is -0.131. The molecule has 0 saturated heterocycles. The van der Waals surface area contributed by atoms with Crippen LogP contribution in [-0.4, -0.2) is 17.7 Å².